The van der Waals surface area contributed by atoms with Gasteiger partial charge in [0.25, 0.3) is 0 Å². The summed E-state index contributed by atoms with van der Waals surface area (Å²) in [6, 6.07) is 6.87. The van der Waals surface area contributed by atoms with Crippen LogP contribution in [0.25, 0.3) is 17.2 Å². The van der Waals surface area contributed by atoms with E-state index < -0.39 is 0 Å². The second-order valence-electron chi connectivity index (χ2n) is 6.92. The van der Waals surface area contributed by atoms with Crippen LogP contribution >= 0.6 is 0 Å². The number of pyridine rings is 1. The van der Waals surface area contributed by atoms with Crippen LogP contribution in [0.2, 0.25) is 0 Å². The van der Waals surface area contributed by atoms with Gasteiger partial charge in [-0.1, -0.05) is 0 Å². The summed E-state index contributed by atoms with van der Waals surface area (Å²) in [5, 5.41) is 19.0. The number of rotatable bonds is 2. The molecular weight excluding hydrogens is 322 g/mol. The Morgan fingerprint density at radius 1 is 1.19 bits per heavy atom. The molecule has 0 bridgehead atoms. The van der Waals surface area contributed by atoms with Crippen molar-refractivity contribution in [2.45, 2.75) is 40.7 Å². The van der Waals surface area contributed by atoms with Crippen LogP contribution < -0.4 is 5.73 Å². The first-order valence-corrected chi connectivity index (χ1v) is 8.52. The van der Waals surface area contributed by atoms with Gasteiger partial charge in [-0.25, -0.2) is 4.98 Å². The number of allylic oxidation sites excluding steroid dienone is 3. The van der Waals surface area contributed by atoms with Gasteiger partial charge in [0.1, 0.15) is 18.0 Å². The van der Waals surface area contributed by atoms with Crippen molar-refractivity contribution in [3.63, 3.8) is 0 Å². The van der Waals surface area contributed by atoms with Crippen molar-refractivity contribution in [3.8, 4) is 12.1 Å². The maximum atomic E-state index is 9.61. The molecule has 0 aromatic carbocycles. The zero-order valence-electron chi connectivity index (χ0n) is 15.7. The first-order chi connectivity index (χ1) is 12.3. The third-order valence-corrected chi connectivity index (χ3v) is 4.92. The molecule has 0 fully saturated rings. The van der Waals surface area contributed by atoms with Gasteiger partial charge in [0, 0.05) is 23.5 Å². The van der Waals surface area contributed by atoms with E-state index in [0.29, 0.717) is 22.9 Å². The minimum absolute atomic E-state index is 0.173. The average Bonchev–Trinajstić information content (AvgIpc) is 3.06. The number of nitrogens with zero attached hydrogens (tertiary/aromatic N) is 4. The van der Waals surface area contributed by atoms with Crippen molar-refractivity contribution in [1.82, 2.24) is 9.55 Å². The number of nitrogen functional groups attached to an aromatic ring is 1. The molecule has 2 heterocycles. The Labute approximate surface area is 153 Å². The van der Waals surface area contributed by atoms with Crippen molar-refractivity contribution in [1.29, 1.82) is 10.5 Å². The van der Waals surface area contributed by atoms with E-state index in [4.69, 9.17) is 5.73 Å². The second-order valence-corrected chi connectivity index (χ2v) is 6.92. The number of nitrogens with two attached hydrogens (primary N) is 1. The van der Waals surface area contributed by atoms with Crippen LogP contribution in [0.15, 0.2) is 17.8 Å². The molecule has 26 heavy (non-hydrogen) atoms. The predicted octanol–water partition coefficient (Wildman–Crippen LogP) is 4.39. The van der Waals surface area contributed by atoms with Gasteiger partial charge >= 0.3 is 0 Å². The molecule has 5 nitrogen and oxygen atoms in total. The van der Waals surface area contributed by atoms with Crippen LogP contribution in [0.3, 0.4) is 0 Å². The van der Waals surface area contributed by atoms with Gasteiger partial charge in [0.2, 0.25) is 0 Å². The zero-order chi connectivity index (χ0) is 19.2. The minimum atomic E-state index is 0.173. The third kappa shape index (κ3) is 2.50. The van der Waals surface area contributed by atoms with E-state index in [9.17, 15) is 10.5 Å². The molecule has 0 radical (unpaired) electrons. The molecule has 0 aliphatic heterocycles. The highest BCUT2D eigenvalue weighted by molar-refractivity contribution is 6.08. The Kier molecular flexibility index (Phi) is 4.18. The van der Waals surface area contributed by atoms with Crippen LogP contribution in [0.1, 0.15) is 60.5 Å². The molecule has 0 amide bonds. The number of aryl methyl sites for hydroxylation is 1. The van der Waals surface area contributed by atoms with Crippen molar-refractivity contribution < 1.29 is 0 Å². The number of hydrogen-bond donors (Lipinski definition) is 1. The van der Waals surface area contributed by atoms with Gasteiger partial charge in [-0.3, -0.25) is 0 Å². The lowest BCUT2D eigenvalue weighted by atomic mass is 9.96. The summed E-state index contributed by atoms with van der Waals surface area (Å²) in [4.78, 5) is 4.36. The van der Waals surface area contributed by atoms with Crippen LogP contribution in [-0.4, -0.2) is 9.55 Å². The highest BCUT2D eigenvalue weighted by atomic mass is 15.0. The summed E-state index contributed by atoms with van der Waals surface area (Å²) in [6.45, 7) is 10.1. The largest absolute Gasteiger partial charge is 0.383 e. The van der Waals surface area contributed by atoms with E-state index in [0.717, 1.165) is 27.8 Å². The third-order valence-electron chi connectivity index (χ3n) is 4.92. The van der Waals surface area contributed by atoms with Crippen LogP contribution in [0.5, 0.6) is 0 Å². The smallest absolute Gasteiger partial charge is 0.142 e. The van der Waals surface area contributed by atoms with Gasteiger partial charge < -0.3 is 10.3 Å². The molecule has 0 saturated carbocycles. The monoisotopic (exact) mass is 343 g/mol. The van der Waals surface area contributed by atoms with E-state index >= 15 is 0 Å². The molecule has 1 aliphatic carbocycles. The SMILES string of the molecule is CC1=C(C#N)c2nc(N)c(C#N)c(C)c2/C1=C/c1cc(C)n(C(C)C)c1. The molecule has 2 aromatic heterocycles. The van der Waals surface area contributed by atoms with E-state index in [-0.39, 0.29) is 5.82 Å². The Bertz CT molecular complexity index is 1070. The molecule has 2 aromatic rings. The van der Waals surface area contributed by atoms with Gasteiger partial charge in [0.05, 0.1) is 16.8 Å². The summed E-state index contributed by atoms with van der Waals surface area (Å²) in [7, 11) is 0. The summed E-state index contributed by atoms with van der Waals surface area (Å²) in [6.07, 6.45) is 4.17. The fraction of sp³-hybridized carbons (Fsp3) is 0.286. The van der Waals surface area contributed by atoms with Gasteiger partial charge in [-0.05, 0) is 69.0 Å². The number of fused-ring (bicyclic) bond motifs is 1. The molecule has 3 rings (SSSR count). The molecule has 130 valence electrons. The van der Waals surface area contributed by atoms with Crippen LogP contribution in [0.4, 0.5) is 5.82 Å². The summed E-state index contributed by atoms with van der Waals surface area (Å²) < 4.78 is 2.21. The summed E-state index contributed by atoms with van der Waals surface area (Å²) in [5.41, 5.74) is 13.0. The number of hydrogen-bond acceptors (Lipinski definition) is 4. The fourth-order valence-corrected chi connectivity index (χ4v) is 3.61. The topological polar surface area (TPSA) is 91.4 Å². The minimum Gasteiger partial charge on any atom is -0.383 e. The molecule has 0 spiro atoms. The van der Waals surface area contributed by atoms with Crippen molar-refractivity contribution in [2.24, 2.45) is 0 Å². The Morgan fingerprint density at radius 3 is 2.42 bits per heavy atom. The molecule has 1 aliphatic rings. The Balaban J connectivity index is 2.28. The van der Waals surface area contributed by atoms with Gasteiger partial charge in [-0.15, -0.1) is 0 Å². The Hall–Kier alpha value is -3.31. The first-order valence-electron chi connectivity index (χ1n) is 8.52. The molecule has 0 unspecified atom stereocenters. The standard InChI is InChI=1S/C21H21N5/c1-11(2)26-10-15(6-12(26)3)7-16-13(4)17(8-22)20-19(16)14(5)18(9-23)21(24)25-20/h6-7,10-11H,1-5H3,(H2,24,25)/b16-7+. The van der Waals surface area contributed by atoms with Crippen LogP contribution in [0, 0.1) is 36.5 Å². The van der Waals surface area contributed by atoms with Crippen molar-refractivity contribution >= 4 is 23.0 Å². The normalized spacial score (nSPS) is 14.7. The highest BCUT2D eigenvalue weighted by Gasteiger charge is 2.29. The summed E-state index contributed by atoms with van der Waals surface area (Å²) >= 11 is 0. The number of anilines is 1. The second kappa shape index (κ2) is 6.20. The maximum absolute atomic E-state index is 9.61. The number of aromatic nitrogens is 2. The maximum Gasteiger partial charge on any atom is 0.142 e. The van der Waals surface area contributed by atoms with Gasteiger partial charge in [-0.2, -0.15) is 10.5 Å². The van der Waals surface area contributed by atoms with E-state index in [2.05, 4.69) is 60.8 Å². The highest BCUT2D eigenvalue weighted by Crippen LogP contribution is 2.44. The average molecular weight is 343 g/mol. The van der Waals surface area contributed by atoms with Crippen molar-refractivity contribution in [3.05, 3.63) is 51.5 Å². The first kappa shape index (κ1) is 17.5. The van der Waals surface area contributed by atoms with Gasteiger partial charge in [0.15, 0.2) is 0 Å². The lowest BCUT2D eigenvalue weighted by Gasteiger charge is -2.11. The van der Waals surface area contributed by atoms with E-state index in [1.165, 1.54) is 5.69 Å². The fourth-order valence-electron chi connectivity index (χ4n) is 3.61. The molecule has 2 N–H and O–H groups in total. The molecule has 0 atom stereocenters. The Morgan fingerprint density at radius 2 is 1.88 bits per heavy atom. The van der Waals surface area contributed by atoms with Crippen LogP contribution in [-0.2, 0) is 0 Å². The lowest BCUT2D eigenvalue weighted by molar-refractivity contribution is 0.589. The summed E-state index contributed by atoms with van der Waals surface area (Å²) in [5.74, 6) is 0.173. The number of nitriles is 2. The zero-order valence-corrected chi connectivity index (χ0v) is 15.7. The van der Waals surface area contributed by atoms with E-state index in [1.807, 2.05) is 13.8 Å². The lowest BCUT2D eigenvalue weighted by Crippen LogP contribution is -2.03. The molecular formula is C21H21N5. The molecule has 5 heteroatoms. The van der Waals surface area contributed by atoms with E-state index in [1.54, 1.807) is 0 Å². The predicted molar refractivity (Wildman–Crippen MR) is 104 cm³/mol. The quantitative estimate of drug-likeness (QED) is 0.875. The van der Waals surface area contributed by atoms with Crippen molar-refractivity contribution in [2.75, 3.05) is 5.73 Å². The molecule has 0 saturated heterocycles.